The van der Waals surface area contributed by atoms with Gasteiger partial charge < -0.3 is 14.2 Å². The molecule has 0 aliphatic carbocycles. The predicted octanol–water partition coefficient (Wildman–Crippen LogP) is 1.37. The Labute approximate surface area is 77.0 Å². The van der Waals surface area contributed by atoms with Crippen molar-refractivity contribution in [3.05, 3.63) is 0 Å². The minimum Gasteiger partial charge on any atom is -0.434 e. The molecule has 0 heterocycles. The molecule has 5 nitrogen and oxygen atoms in total. The van der Waals surface area contributed by atoms with Gasteiger partial charge in [0, 0.05) is 6.92 Å². The van der Waals surface area contributed by atoms with Crippen LogP contribution in [0.1, 0.15) is 26.7 Å². The molecule has 0 aromatic carbocycles. The highest BCUT2D eigenvalue weighted by atomic mass is 16.8. The summed E-state index contributed by atoms with van der Waals surface area (Å²) in [6.45, 7) is 4.84. The maximum Gasteiger partial charge on any atom is 0.511 e. The summed E-state index contributed by atoms with van der Waals surface area (Å²) in [6, 6.07) is 0. The van der Waals surface area contributed by atoms with Gasteiger partial charge in [0.05, 0.1) is 6.61 Å². The van der Waals surface area contributed by atoms with Crippen LogP contribution in [0.25, 0.3) is 0 Å². The van der Waals surface area contributed by atoms with E-state index in [4.69, 9.17) is 0 Å². The highest BCUT2D eigenvalue weighted by Crippen LogP contribution is 1.96. The molecular formula is C8H13O5. The normalized spacial score (nSPS) is 11.5. The molecule has 0 rings (SSSR count). The van der Waals surface area contributed by atoms with Crippen molar-refractivity contribution in [2.45, 2.75) is 33.0 Å². The van der Waals surface area contributed by atoms with Crippen LogP contribution in [0, 0.1) is 0 Å². The molecule has 0 amide bonds. The maximum absolute atomic E-state index is 10.7. The van der Waals surface area contributed by atoms with Gasteiger partial charge in [0.25, 0.3) is 0 Å². The van der Waals surface area contributed by atoms with E-state index in [0.29, 0.717) is 6.61 Å². The zero-order chi connectivity index (χ0) is 10.1. The summed E-state index contributed by atoms with van der Waals surface area (Å²) in [5, 5.41) is 0. The van der Waals surface area contributed by atoms with Crippen LogP contribution in [-0.4, -0.2) is 25.5 Å². The van der Waals surface area contributed by atoms with E-state index >= 15 is 0 Å². The molecular weight excluding hydrogens is 176 g/mol. The lowest BCUT2D eigenvalue weighted by Gasteiger charge is -2.09. The fourth-order valence-electron chi connectivity index (χ4n) is 0.561. The molecule has 1 atom stereocenters. The van der Waals surface area contributed by atoms with E-state index in [1.54, 1.807) is 0 Å². The number of rotatable bonds is 6. The van der Waals surface area contributed by atoms with E-state index in [-0.39, 0.29) is 0 Å². The Morgan fingerprint density at radius 2 is 2.23 bits per heavy atom. The van der Waals surface area contributed by atoms with Gasteiger partial charge in [-0.25, -0.2) is 9.59 Å². The molecule has 13 heavy (non-hydrogen) atoms. The van der Waals surface area contributed by atoms with Crippen molar-refractivity contribution < 1.29 is 23.8 Å². The quantitative estimate of drug-likeness (QED) is 0.358. The second kappa shape index (κ2) is 7.39. The SMILES string of the molecule is CCCCOC(=O)OC(C)O[C]=O. The Morgan fingerprint density at radius 3 is 2.77 bits per heavy atom. The first-order chi connectivity index (χ1) is 6.20. The van der Waals surface area contributed by atoms with Crippen molar-refractivity contribution in [3.63, 3.8) is 0 Å². The summed E-state index contributed by atoms with van der Waals surface area (Å²) in [5.74, 6) is 0. The molecule has 1 unspecified atom stereocenters. The second-order valence-electron chi connectivity index (χ2n) is 2.34. The standard InChI is InChI=1S/C8H13O5/c1-3-4-5-11-8(10)13-7(2)12-6-9/h7H,3-5H2,1-2H3. The number of carbonyl (C=O) groups excluding carboxylic acids is 2. The van der Waals surface area contributed by atoms with Crippen molar-refractivity contribution in [1.82, 2.24) is 0 Å². The maximum atomic E-state index is 10.7. The lowest BCUT2D eigenvalue weighted by Crippen LogP contribution is -2.18. The zero-order valence-electron chi connectivity index (χ0n) is 7.74. The van der Waals surface area contributed by atoms with E-state index in [2.05, 4.69) is 14.2 Å². The number of ether oxygens (including phenoxy) is 3. The lowest BCUT2D eigenvalue weighted by atomic mass is 10.4. The second-order valence-corrected chi connectivity index (χ2v) is 2.34. The van der Waals surface area contributed by atoms with Crippen molar-refractivity contribution in [1.29, 1.82) is 0 Å². The van der Waals surface area contributed by atoms with Crippen molar-refractivity contribution in [3.8, 4) is 0 Å². The van der Waals surface area contributed by atoms with Crippen molar-refractivity contribution in [2.24, 2.45) is 0 Å². The predicted molar refractivity (Wildman–Crippen MR) is 43.6 cm³/mol. The van der Waals surface area contributed by atoms with Crippen LogP contribution in [-0.2, 0) is 19.0 Å². The van der Waals surface area contributed by atoms with E-state index < -0.39 is 12.4 Å². The fourth-order valence-corrected chi connectivity index (χ4v) is 0.561. The number of unbranched alkanes of at least 4 members (excludes halogenated alkanes) is 1. The van der Waals surface area contributed by atoms with Gasteiger partial charge in [-0.3, -0.25) is 0 Å². The molecule has 0 saturated heterocycles. The van der Waals surface area contributed by atoms with E-state index in [1.165, 1.54) is 6.92 Å². The van der Waals surface area contributed by atoms with Gasteiger partial charge in [0.2, 0.25) is 6.29 Å². The van der Waals surface area contributed by atoms with E-state index in [0.717, 1.165) is 19.3 Å². The Hall–Kier alpha value is -1.26. The van der Waals surface area contributed by atoms with Crippen LogP contribution in [0.4, 0.5) is 4.79 Å². The molecule has 0 N–H and O–H groups in total. The fraction of sp³-hybridized carbons (Fsp3) is 0.750. The highest BCUT2D eigenvalue weighted by Gasteiger charge is 2.10. The zero-order valence-corrected chi connectivity index (χ0v) is 7.74. The lowest BCUT2D eigenvalue weighted by molar-refractivity contribution is -0.0607. The van der Waals surface area contributed by atoms with Gasteiger partial charge in [-0.1, -0.05) is 13.3 Å². The van der Waals surface area contributed by atoms with Gasteiger partial charge in [0.1, 0.15) is 0 Å². The molecule has 0 aromatic heterocycles. The summed E-state index contributed by atoms with van der Waals surface area (Å²) in [5.41, 5.74) is 0. The Balaban J connectivity index is 3.43. The van der Waals surface area contributed by atoms with Crippen LogP contribution in [0.3, 0.4) is 0 Å². The Morgan fingerprint density at radius 1 is 1.54 bits per heavy atom. The largest absolute Gasteiger partial charge is 0.511 e. The Kier molecular flexibility index (Phi) is 6.68. The highest BCUT2D eigenvalue weighted by molar-refractivity contribution is 5.60. The van der Waals surface area contributed by atoms with E-state index in [1.807, 2.05) is 6.92 Å². The third kappa shape index (κ3) is 7.11. The van der Waals surface area contributed by atoms with Gasteiger partial charge >= 0.3 is 12.6 Å². The molecule has 0 aliphatic rings. The minimum absolute atomic E-state index is 0.312. The summed E-state index contributed by atoms with van der Waals surface area (Å²) in [4.78, 5) is 20.4. The monoisotopic (exact) mass is 189 g/mol. The van der Waals surface area contributed by atoms with Gasteiger partial charge in [-0.15, -0.1) is 0 Å². The Bertz CT molecular complexity index is 157. The van der Waals surface area contributed by atoms with Gasteiger partial charge in [-0.05, 0) is 6.42 Å². The van der Waals surface area contributed by atoms with Crippen LogP contribution >= 0.6 is 0 Å². The molecule has 5 heteroatoms. The molecule has 0 aromatic rings. The van der Waals surface area contributed by atoms with Crippen LogP contribution in [0.15, 0.2) is 0 Å². The molecule has 0 saturated carbocycles. The third-order valence-corrected chi connectivity index (χ3v) is 1.19. The van der Waals surface area contributed by atoms with Gasteiger partial charge in [0.15, 0.2) is 0 Å². The first-order valence-corrected chi connectivity index (χ1v) is 4.07. The van der Waals surface area contributed by atoms with Crippen LogP contribution in [0.5, 0.6) is 0 Å². The molecule has 75 valence electrons. The van der Waals surface area contributed by atoms with Crippen LogP contribution in [0.2, 0.25) is 0 Å². The number of carbonyl (C=O) groups is 1. The minimum atomic E-state index is -0.952. The third-order valence-electron chi connectivity index (χ3n) is 1.19. The average molecular weight is 189 g/mol. The smallest absolute Gasteiger partial charge is 0.434 e. The van der Waals surface area contributed by atoms with Crippen LogP contribution < -0.4 is 0 Å². The van der Waals surface area contributed by atoms with E-state index in [9.17, 15) is 9.59 Å². The van der Waals surface area contributed by atoms with Gasteiger partial charge in [-0.2, -0.15) is 0 Å². The number of hydrogen-bond donors (Lipinski definition) is 0. The first kappa shape index (κ1) is 11.7. The summed E-state index contributed by atoms with van der Waals surface area (Å²) < 4.78 is 13.3. The topological polar surface area (TPSA) is 61.8 Å². The summed E-state index contributed by atoms with van der Waals surface area (Å²) in [6.07, 6.45) is -0.0752. The first-order valence-electron chi connectivity index (χ1n) is 4.07. The molecule has 1 radical (unpaired) electrons. The van der Waals surface area contributed by atoms with Crippen molar-refractivity contribution in [2.75, 3.05) is 6.61 Å². The molecule has 0 aliphatic heterocycles. The summed E-state index contributed by atoms with van der Waals surface area (Å²) in [7, 11) is 0. The summed E-state index contributed by atoms with van der Waals surface area (Å²) >= 11 is 0. The molecule has 0 fully saturated rings. The molecule has 0 spiro atoms. The molecule has 0 bridgehead atoms. The van der Waals surface area contributed by atoms with Crippen molar-refractivity contribution >= 4 is 12.6 Å². The average Bonchev–Trinajstić information content (AvgIpc) is 2.05. The number of hydrogen-bond acceptors (Lipinski definition) is 5.